The Morgan fingerprint density at radius 1 is 1.32 bits per heavy atom. The van der Waals surface area contributed by atoms with Crippen molar-refractivity contribution in [2.45, 2.75) is 36.9 Å². The molecule has 2 N–H and O–H groups in total. The highest BCUT2D eigenvalue weighted by Crippen LogP contribution is 2.43. The van der Waals surface area contributed by atoms with Crippen molar-refractivity contribution < 1.29 is 4.74 Å². The molecule has 2 unspecified atom stereocenters. The predicted molar refractivity (Wildman–Crippen MR) is 81.5 cm³/mol. The van der Waals surface area contributed by atoms with Gasteiger partial charge in [0.05, 0.1) is 24.2 Å². The maximum atomic E-state index is 6.09. The van der Waals surface area contributed by atoms with Gasteiger partial charge in [-0.2, -0.15) is 11.8 Å². The molecule has 3 rings (SSSR count). The molecule has 4 nitrogen and oxygen atoms in total. The third-order valence-corrected chi connectivity index (χ3v) is 6.82. The number of aromatic nitrogens is 2. The number of nitrogens with zero attached hydrogens (tertiary/aromatic N) is 2. The summed E-state index contributed by atoms with van der Waals surface area (Å²) in [6, 6.07) is 0. The summed E-state index contributed by atoms with van der Waals surface area (Å²) < 4.78 is 5.44. The summed E-state index contributed by atoms with van der Waals surface area (Å²) in [5, 5.41) is 0.996. The highest BCUT2D eigenvalue weighted by Gasteiger charge is 2.30. The fourth-order valence-corrected chi connectivity index (χ4v) is 5.54. The first-order chi connectivity index (χ1) is 9.29. The Hall–Kier alpha value is -0.460. The van der Waals surface area contributed by atoms with E-state index in [-0.39, 0.29) is 0 Å². The van der Waals surface area contributed by atoms with Crippen LogP contribution in [0.4, 0.5) is 5.82 Å². The summed E-state index contributed by atoms with van der Waals surface area (Å²) in [5.74, 6) is 3.95. The number of hydrogen-bond acceptors (Lipinski definition) is 6. The molecule has 2 atom stereocenters. The fourth-order valence-electron chi connectivity index (χ4n) is 2.55. The highest BCUT2D eigenvalue weighted by molar-refractivity contribution is 8.06. The first-order valence-electron chi connectivity index (χ1n) is 6.75. The Labute approximate surface area is 122 Å². The van der Waals surface area contributed by atoms with Crippen molar-refractivity contribution >= 4 is 29.3 Å². The summed E-state index contributed by atoms with van der Waals surface area (Å²) in [6.45, 7) is 3.55. The first kappa shape index (κ1) is 13.5. The molecule has 0 aliphatic carbocycles. The SMILES string of the molecule is CCC1SCCSC1c1nc(N)c2c(n1)CCOC2. The van der Waals surface area contributed by atoms with Crippen LogP contribution in [0.1, 0.15) is 35.7 Å². The van der Waals surface area contributed by atoms with Crippen LogP contribution in [0.3, 0.4) is 0 Å². The normalized spacial score (nSPS) is 27.0. The van der Waals surface area contributed by atoms with Crippen molar-refractivity contribution in [3.63, 3.8) is 0 Å². The van der Waals surface area contributed by atoms with Gasteiger partial charge in [0.1, 0.15) is 11.6 Å². The monoisotopic (exact) mass is 297 g/mol. The second-order valence-electron chi connectivity index (χ2n) is 4.80. The fraction of sp³-hybridized carbons (Fsp3) is 0.692. The quantitative estimate of drug-likeness (QED) is 0.904. The molecule has 0 spiro atoms. The summed E-state index contributed by atoms with van der Waals surface area (Å²) in [6.07, 6.45) is 2.02. The van der Waals surface area contributed by atoms with Gasteiger partial charge in [-0.15, -0.1) is 11.8 Å². The molecule has 19 heavy (non-hydrogen) atoms. The number of hydrogen-bond donors (Lipinski definition) is 1. The summed E-state index contributed by atoms with van der Waals surface area (Å²) in [4.78, 5) is 9.35. The van der Waals surface area contributed by atoms with Gasteiger partial charge in [0.25, 0.3) is 0 Å². The third-order valence-electron chi connectivity index (χ3n) is 3.58. The van der Waals surface area contributed by atoms with Crippen LogP contribution in [0.25, 0.3) is 0 Å². The molecule has 3 heterocycles. The standard InChI is InChI=1S/C13H19N3OS2/c1-2-10-11(19-6-5-18-10)13-15-9-3-4-17-7-8(9)12(14)16-13/h10-11H,2-7H2,1H3,(H2,14,15,16). The molecule has 0 saturated carbocycles. The molecule has 0 amide bonds. The predicted octanol–water partition coefficient (Wildman–Crippen LogP) is 2.43. The van der Waals surface area contributed by atoms with E-state index in [0.717, 1.165) is 36.5 Å². The molecule has 2 aliphatic rings. The van der Waals surface area contributed by atoms with Crippen molar-refractivity contribution in [3.05, 3.63) is 17.1 Å². The van der Waals surface area contributed by atoms with Gasteiger partial charge < -0.3 is 10.5 Å². The average molecular weight is 297 g/mol. The maximum Gasteiger partial charge on any atom is 0.145 e. The summed E-state index contributed by atoms with van der Waals surface area (Å²) in [5.41, 5.74) is 8.18. The van der Waals surface area contributed by atoms with Crippen molar-refractivity contribution in [2.24, 2.45) is 0 Å². The van der Waals surface area contributed by atoms with Crippen LogP contribution < -0.4 is 5.73 Å². The van der Waals surface area contributed by atoms with Crippen LogP contribution in [0.15, 0.2) is 0 Å². The van der Waals surface area contributed by atoms with E-state index in [1.165, 1.54) is 11.5 Å². The topological polar surface area (TPSA) is 61.0 Å². The Morgan fingerprint density at radius 2 is 2.16 bits per heavy atom. The smallest absolute Gasteiger partial charge is 0.145 e. The van der Waals surface area contributed by atoms with Crippen LogP contribution in [0, 0.1) is 0 Å². The molecule has 1 fully saturated rings. The lowest BCUT2D eigenvalue weighted by Gasteiger charge is -2.29. The van der Waals surface area contributed by atoms with Crippen molar-refractivity contribution in [2.75, 3.05) is 23.8 Å². The Kier molecular flexibility index (Phi) is 4.19. The molecule has 0 bridgehead atoms. The lowest BCUT2D eigenvalue weighted by molar-refractivity contribution is 0.109. The van der Waals surface area contributed by atoms with Crippen LogP contribution in [-0.2, 0) is 17.8 Å². The highest BCUT2D eigenvalue weighted by atomic mass is 32.2. The van der Waals surface area contributed by atoms with Gasteiger partial charge in [0.2, 0.25) is 0 Å². The molecule has 0 aromatic carbocycles. The van der Waals surface area contributed by atoms with Gasteiger partial charge in [-0.3, -0.25) is 0 Å². The minimum atomic E-state index is 0.388. The number of nitrogens with two attached hydrogens (primary N) is 1. The van der Waals surface area contributed by atoms with Crippen LogP contribution in [-0.4, -0.2) is 33.3 Å². The maximum absolute atomic E-state index is 6.09. The van der Waals surface area contributed by atoms with Gasteiger partial charge >= 0.3 is 0 Å². The molecule has 2 aliphatic heterocycles. The molecule has 1 aromatic heterocycles. The number of anilines is 1. The van der Waals surface area contributed by atoms with E-state index in [1.807, 2.05) is 23.5 Å². The largest absolute Gasteiger partial charge is 0.383 e. The second kappa shape index (κ2) is 5.89. The number of ether oxygens (including phenoxy) is 1. The molecule has 1 aromatic rings. The number of thioether (sulfide) groups is 2. The zero-order valence-electron chi connectivity index (χ0n) is 11.1. The Balaban J connectivity index is 1.93. The van der Waals surface area contributed by atoms with Crippen molar-refractivity contribution in [1.29, 1.82) is 0 Å². The molecule has 0 radical (unpaired) electrons. The van der Waals surface area contributed by atoms with Crippen LogP contribution >= 0.6 is 23.5 Å². The van der Waals surface area contributed by atoms with E-state index in [9.17, 15) is 0 Å². The lowest BCUT2D eigenvalue weighted by Crippen LogP contribution is -2.23. The van der Waals surface area contributed by atoms with Crippen LogP contribution in [0.2, 0.25) is 0 Å². The number of nitrogen functional groups attached to an aromatic ring is 1. The second-order valence-corrected chi connectivity index (χ2v) is 7.40. The Bertz CT molecular complexity index is 469. The number of fused-ring (bicyclic) bond motifs is 1. The first-order valence-corrected chi connectivity index (χ1v) is 8.85. The number of rotatable bonds is 2. The van der Waals surface area contributed by atoms with Crippen LogP contribution in [0.5, 0.6) is 0 Å². The Morgan fingerprint density at radius 3 is 3.00 bits per heavy atom. The van der Waals surface area contributed by atoms with E-state index in [2.05, 4.69) is 11.9 Å². The lowest BCUT2D eigenvalue weighted by atomic mass is 10.1. The average Bonchev–Trinajstić information content (AvgIpc) is 2.47. The van der Waals surface area contributed by atoms with Gasteiger partial charge in [-0.1, -0.05) is 6.92 Å². The molecule has 6 heteroatoms. The van der Waals surface area contributed by atoms with Gasteiger partial charge in [0, 0.05) is 28.7 Å². The van der Waals surface area contributed by atoms with E-state index in [0.29, 0.717) is 22.9 Å². The zero-order chi connectivity index (χ0) is 13.2. The van der Waals surface area contributed by atoms with Crippen molar-refractivity contribution in [1.82, 2.24) is 9.97 Å². The molecule has 1 saturated heterocycles. The van der Waals surface area contributed by atoms with Gasteiger partial charge in [-0.25, -0.2) is 9.97 Å². The van der Waals surface area contributed by atoms with Gasteiger partial charge in [-0.05, 0) is 6.42 Å². The molecule has 104 valence electrons. The van der Waals surface area contributed by atoms with E-state index < -0.39 is 0 Å². The molecular formula is C13H19N3OS2. The summed E-state index contributed by atoms with van der Waals surface area (Å²) in [7, 11) is 0. The minimum absolute atomic E-state index is 0.388. The van der Waals surface area contributed by atoms with E-state index >= 15 is 0 Å². The van der Waals surface area contributed by atoms with Gasteiger partial charge in [0.15, 0.2) is 0 Å². The third kappa shape index (κ3) is 2.71. The van der Waals surface area contributed by atoms with E-state index in [4.69, 9.17) is 15.5 Å². The minimum Gasteiger partial charge on any atom is -0.383 e. The van der Waals surface area contributed by atoms with E-state index in [1.54, 1.807) is 0 Å². The molecular weight excluding hydrogens is 278 g/mol. The van der Waals surface area contributed by atoms with Crippen molar-refractivity contribution in [3.8, 4) is 0 Å². The summed E-state index contributed by atoms with van der Waals surface area (Å²) >= 11 is 4.02. The zero-order valence-corrected chi connectivity index (χ0v) is 12.7.